The fourth-order valence-corrected chi connectivity index (χ4v) is 5.47. The van der Waals surface area contributed by atoms with Crippen molar-refractivity contribution < 1.29 is 18.7 Å². The monoisotopic (exact) mass is 474 g/mol. The SMILES string of the molecule is COc1cc2c(cc1OC)[C@@H](C)N(C(=O)C1Cc3ccccc3CN1Cc1ccccc1F)CC2. The first-order valence-corrected chi connectivity index (χ1v) is 12.1. The lowest BCUT2D eigenvalue weighted by molar-refractivity contribution is -0.140. The Balaban J connectivity index is 1.46. The quantitative estimate of drug-likeness (QED) is 0.527. The molecule has 0 saturated heterocycles. The summed E-state index contributed by atoms with van der Waals surface area (Å²) < 4.78 is 25.5. The van der Waals surface area contributed by atoms with Crippen LogP contribution in [0.15, 0.2) is 60.7 Å². The molecule has 2 heterocycles. The second-order valence-corrected chi connectivity index (χ2v) is 9.35. The van der Waals surface area contributed by atoms with Gasteiger partial charge in [-0.3, -0.25) is 9.69 Å². The first-order valence-electron chi connectivity index (χ1n) is 12.1. The molecule has 35 heavy (non-hydrogen) atoms. The molecular formula is C29H31FN2O3. The molecule has 0 spiro atoms. The summed E-state index contributed by atoms with van der Waals surface area (Å²) in [6, 6.07) is 18.6. The number of fused-ring (bicyclic) bond motifs is 2. The van der Waals surface area contributed by atoms with E-state index in [1.165, 1.54) is 22.8 Å². The number of methoxy groups -OCH3 is 2. The normalized spacial score (nSPS) is 19.6. The number of benzene rings is 3. The molecule has 0 radical (unpaired) electrons. The Labute approximate surface area is 206 Å². The van der Waals surface area contributed by atoms with Crippen molar-refractivity contribution in [2.45, 2.75) is 44.9 Å². The second-order valence-electron chi connectivity index (χ2n) is 9.35. The Morgan fingerprint density at radius 3 is 2.40 bits per heavy atom. The molecule has 0 fully saturated rings. The molecule has 2 atom stereocenters. The average molecular weight is 475 g/mol. The van der Waals surface area contributed by atoms with Crippen LogP contribution >= 0.6 is 0 Å². The average Bonchev–Trinajstić information content (AvgIpc) is 2.88. The molecule has 2 aliphatic rings. The Kier molecular flexibility index (Phi) is 6.48. The van der Waals surface area contributed by atoms with Crippen LogP contribution in [-0.4, -0.2) is 42.5 Å². The second kappa shape index (κ2) is 9.70. The highest BCUT2D eigenvalue weighted by molar-refractivity contribution is 5.83. The number of ether oxygens (including phenoxy) is 2. The van der Waals surface area contributed by atoms with E-state index in [0.717, 1.165) is 12.0 Å². The van der Waals surface area contributed by atoms with E-state index >= 15 is 0 Å². The predicted molar refractivity (Wildman–Crippen MR) is 133 cm³/mol. The van der Waals surface area contributed by atoms with Gasteiger partial charge in [0.2, 0.25) is 5.91 Å². The van der Waals surface area contributed by atoms with E-state index in [0.29, 0.717) is 43.1 Å². The summed E-state index contributed by atoms with van der Waals surface area (Å²) in [7, 11) is 3.26. The summed E-state index contributed by atoms with van der Waals surface area (Å²) in [5.74, 6) is 1.22. The van der Waals surface area contributed by atoms with Gasteiger partial charge in [-0.2, -0.15) is 0 Å². The maximum absolute atomic E-state index is 14.5. The van der Waals surface area contributed by atoms with Crippen LogP contribution in [-0.2, 0) is 30.7 Å². The predicted octanol–water partition coefficient (Wildman–Crippen LogP) is 4.92. The van der Waals surface area contributed by atoms with Crippen molar-refractivity contribution in [2.75, 3.05) is 20.8 Å². The van der Waals surface area contributed by atoms with Crippen LogP contribution in [0.25, 0.3) is 0 Å². The zero-order chi connectivity index (χ0) is 24.5. The van der Waals surface area contributed by atoms with Crippen LogP contribution in [0, 0.1) is 5.82 Å². The maximum atomic E-state index is 14.5. The van der Waals surface area contributed by atoms with Gasteiger partial charge in [0.25, 0.3) is 0 Å². The highest BCUT2D eigenvalue weighted by Gasteiger charge is 2.38. The van der Waals surface area contributed by atoms with Gasteiger partial charge in [0.05, 0.1) is 26.3 Å². The lowest BCUT2D eigenvalue weighted by Gasteiger charge is -2.42. The van der Waals surface area contributed by atoms with Crippen LogP contribution in [0.1, 0.15) is 40.8 Å². The molecule has 0 N–H and O–H groups in total. The lowest BCUT2D eigenvalue weighted by Crippen LogP contribution is -2.53. The topological polar surface area (TPSA) is 42.0 Å². The number of amides is 1. The highest BCUT2D eigenvalue weighted by Crippen LogP contribution is 2.39. The van der Waals surface area contributed by atoms with E-state index in [9.17, 15) is 9.18 Å². The third-order valence-corrected chi connectivity index (χ3v) is 7.43. The maximum Gasteiger partial charge on any atom is 0.240 e. The zero-order valence-corrected chi connectivity index (χ0v) is 20.5. The standard InChI is InChI=1S/C29H31FN2O3/c1-19-24-16-28(35-3)27(34-2)15-21(24)12-13-32(19)29(33)26-14-20-8-4-5-9-22(20)17-31(26)18-23-10-6-7-11-25(23)30/h4-11,15-16,19,26H,12-14,17-18H2,1-3H3/t19-,26?/m1/s1. The molecule has 5 rings (SSSR count). The molecule has 1 amide bonds. The largest absolute Gasteiger partial charge is 0.493 e. The summed E-state index contributed by atoms with van der Waals surface area (Å²) >= 11 is 0. The van der Waals surface area contributed by atoms with Gasteiger partial charge in [-0.15, -0.1) is 0 Å². The van der Waals surface area contributed by atoms with Crippen LogP contribution in [0.2, 0.25) is 0 Å². The molecule has 0 aliphatic carbocycles. The van der Waals surface area contributed by atoms with E-state index in [1.54, 1.807) is 26.4 Å². The van der Waals surface area contributed by atoms with Crippen LogP contribution in [0.4, 0.5) is 4.39 Å². The minimum absolute atomic E-state index is 0.0868. The van der Waals surface area contributed by atoms with Crippen molar-refractivity contribution in [2.24, 2.45) is 0 Å². The van der Waals surface area contributed by atoms with Gasteiger partial charge in [-0.1, -0.05) is 42.5 Å². The zero-order valence-electron chi connectivity index (χ0n) is 20.5. The molecule has 6 heteroatoms. The molecule has 1 unspecified atom stereocenters. The van der Waals surface area contributed by atoms with Crippen molar-refractivity contribution in [3.63, 3.8) is 0 Å². The molecular weight excluding hydrogens is 443 g/mol. The van der Waals surface area contributed by atoms with Crippen molar-refractivity contribution in [1.82, 2.24) is 9.80 Å². The highest BCUT2D eigenvalue weighted by atomic mass is 19.1. The molecule has 182 valence electrons. The van der Waals surface area contributed by atoms with Gasteiger partial charge in [0.1, 0.15) is 5.82 Å². The molecule has 0 aromatic heterocycles. The van der Waals surface area contributed by atoms with E-state index in [-0.39, 0.29) is 23.8 Å². The third kappa shape index (κ3) is 4.39. The van der Waals surface area contributed by atoms with Crippen LogP contribution in [0.5, 0.6) is 11.5 Å². The van der Waals surface area contributed by atoms with Gasteiger partial charge in [0, 0.05) is 25.2 Å². The van der Waals surface area contributed by atoms with Crippen molar-refractivity contribution in [3.8, 4) is 11.5 Å². The smallest absolute Gasteiger partial charge is 0.240 e. The minimum atomic E-state index is -0.353. The lowest BCUT2D eigenvalue weighted by atomic mass is 9.89. The summed E-state index contributed by atoms with van der Waals surface area (Å²) in [5, 5.41) is 0. The number of rotatable bonds is 5. The van der Waals surface area contributed by atoms with E-state index in [4.69, 9.17) is 9.47 Å². The summed E-state index contributed by atoms with van der Waals surface area (Å²) in [5.41, 5.74) is 5.25. The van der Waals surface area contributed by atoms with Gasteiger partial charge in [-0.25, -0.2) is 4.39 Å². The number of nitrogens with zero attached hydrogens (tertiary/aromatic N) is 2. The molecule has 5 nitrogen and oxygen atoms in total. The Morgan fingerprint density at radius 2 is 1.66 bits per heavy atom. The number of hydrogen-bond donors (Lipinski definition) is 0. The third-order valence-electron chi connectivity index (χ3n) is 7.43. The fourth-order valence-electron chi connectivity index (χ4n) is 5.47. The summed E-state index contributed by atoms with van der Waals surface area (Å²) in [6.07, 6.45) is 1.37. The van der Waals surface area contributed by atoms with E-state index in [1.807, 2.05) is 35.2 Å². The Hall–Kier alpha value is -3.38. The van der Waals surface area contributed by atoms with Crippen LogP contribution in [0.3, 0.4) is 0 Å². The van der Waals surface area contributed by atoms with Gasteiger partial charge in [-0.05, 0) is 60.2 Å². The van der Waals surface area contributed by atoms with Gasteiger partial charge < -0.3 is 14.4 Å². The number of hydrogen-bond acceptors (Lipinski definition) is 4. The van der Waals surface area contributed by atoms with Crippen molar-refractivity contribution in [3.05, 3.63) is 94.3 Å². The molecule has 3 aromatic rings. The van der Waals surface area contributed by atoms with E-state index < -0.39 is 0 Å². The summed E-state index contributed by atoms with van der Waals surface area (Å²) in [4.78, 5) is 18.2. The Bertz CT molecular complexity index is 1240. The molecule has 0 saturated carbocycles. The Morgan fingerprint density at radius 1 is 0.971 bits per heavy atom. The molecule has 0 bridgehead atoms. The van der Waals surface area contributed by atoms with Crippen molar-refractivity contribution >= 4 is 5.91 Å². The first kappa shape index (κ1) is 23.4. The summed E-state index contributed by atoms with van der Waals surface area (Å²) in [6.45, 7) is 3.71. The van der Waals surface area contributed by atoms with Crippen molar-refractivity contribution in [1.29, 1.82) is 0 Å². The van der Waals surface area contributed by atoms with Gasteiger partial charge in [0.15, 0.2) is 11.5 Å². The fraction of sp³-hybridized carbons (Fsp3) is 0.345. The first-order chi connectivity index (χ1) is 17.0. The number of carbonyl (C=O) groups is 1. The molecule has 3 aromatic carbocycles. The number of carbonyl (C=O) groups excluding carboxylic acids is 1. The molecule has 2 aliphatic heterocycles. The van der Waals surface area contributed by atoms with Gasteiger partial charge >= 0.3 is 0 Å². The van der Waals surface area contributed by atoms with Crippen LogP contribution < -0.4 is 9.47 Å². The minimum Gasteiger partial charge on any atom is -0.493 e. The van der Waals surface area contributed by atoms with E-state index in [2.05, 4.69) is 24.0 Å². The number of halogens is 1.